The van der Waals surface area contributed by atoms with Crippen LogP contribution < -0.4 is 4.90 Å². The van der Waals surface area contributed by atoms with Crippen molar-refractivity contribution in [3.05, 3.63) is 59.3 Å². The highest BCUT2D eigenvalue weighted by molar-refractivity contribution is 5.48. The Bertz CT molecular complexity index is 591. The minimum absolute atomic E-state index is 0.604. The first-order valence-electron chi connectivity index (χ1n) is 7.70. The maximum absolute atomic E-state index is 10.5. The third-order valence-corrected chi connectivity index (χ3v) is 4.16. The van der Waals surface area contributed by atoms with Crippen molar-refractivity contribution in [2.45, 2.75) is 32.3 Å². The van der Waals surface area contributed by atoms with E-state index in [1.54, 1.807) is 0 Å². The van der Waals surface area contributed by atoms with Crippen LogP contribution in [0.2, 0.25) is 0 Å². The molecule has 1 fully saturated rings. The van der Waals surface area contributed by atoms with Gasteiger partial charge in [-0.05, 0) is 43.4 Å². The molecule has 0 aliphatic carbocycles. The van der Waals surface area contributed by atoms with Crippen molar-refractivity contribution in [1.29, 1.82) is 0 Å². The van der Waals surface area contributed by atoms with Crippen LogP contribution in [-0.4, -0.2) is 23.2 Å². The Morgan fingerprint density at radius 1 is 1.05 bits per heavy atom. The van der Waals surface area contributed by atoms with Crippen molar-refractivity contribution in [2.75, 3.05) is 18.0 Å². The maximum atomic E-state index is 10.5. The number of piperidine rings is 1. The molecule has 1 saturated heterocycles. The van der Waals surface area contributed by atoms with Crippen molar-refractivity contribution in [2.24, 2.45) is 0 Å². The number of anilines is 1. The molecule has 21 heavy (non-hydrogen) atoms. The van der Waals surface area contributed by atoms with Gasteiger partial charge in [-0.1, -0.05) is 30.3 Å². The van der Waals surface area contributed by atoms with Crippen LogP contribution in [0.3, 0.4) is 0 Å². The van der Waals surface area contributed by atoms with E-state index >= 15 is 0 Å². The van der Waals surface area contributed by atoms with Gasteiger partial charge in [-0.2, -0.15) is 0 Å². The van der Waals surface area contributed by atoms with E-state index in [1.807, 2.05) is 36.5 Å². The minimum Gasteiger partial charge on any atom is -0.384 e. The molecule has 3 nitrogen and oxygen atoms in total. The number of nitrogens with zero attached hydrogens (tertiary/aromatic N) is 2. The summed E-state index contributed by atoms with van der Waals surface area (Å²) in [6.45, 7) is 4.26. The average molecular weight is 282 g/mol. The monoisotopic (exact) mass is 282 g/mol. The van der Waals surface area contributed by atoms with Crippen molar-refractivity contribution >= 4 is 5.82 Å². The minimum atomic E-state index is -0.604. The van der Waals surface area contributed by atoms with Crippen LogP contribution in [-0.2, 0) is 0 Å². The van der Waals surface area contributed by atoms with E-state index in [9.17, 15) is 5.11 Å². The highest BCUT2D eigenvalue weighted by atomic mass is 16.3. The molecule has 110 valence electrons. The highest BCUT2D eigenvalue weighted by Crippen LogP contribution is 2.26. The molecule has 0 unspecified atom stereocenters. The molecule has 0 radical (unpaired) electrons. The summed E-state index contributed by atoms with van der Waals surface area (Å²) in [6.07, 6.45) is 5.02. The second-order valence-electron chi connectivity index (χ2n) is 5.77. The van der Waals surface area contributed by atoms with E-state index in [0.29, 0.717) is 0 Å². The summed E-state index contributed by atoms with van der Waals surface area (Å²) in [5.41, 5.74) is 2.91. The number of pyridine rings is 1. The molecule has 3 rings (SSSR count). The topological polar surface area (TPSA) is 36.4 Å². The Kier molecular flexibility index (Phi) is 4.20. The lowest BCUT2D eigenvalue weighted by Crippen LogP contribution is -2.30. The van der Waals surface area contributed by atoms with Gasteiger partial charge in [-0.3, -0.25) is 0 Å². The normalized spacial score (nSPS) is 16.8. The fraction of sp³-hybridized carbons (Fsp3) is 0.389. The summed E-state index contributed by atoms with van der Waals surface area (Å²) < 4.78 is 0. The van der Waals surface area contributed by atoms with Crippen LogP contribution in [0.4, 0.5) is 5.82 Å². The molecule has 1 aromatic heterocycles. The molecule has 1 atom stereocenters. The van der Waals surface area contributed by atoms with Gasteiger partial charge in [0.1, 0.15) is 11.9 Å². The first kappa shape index (κ1) is 14.1. The lowest BCUT2D eigenvalue weighted by atomic mass is 10.0. The quantitative estimate of drug-likeness (QED) is 0.936. The summed E-state index contributed by atoms with van der Waals surface area (Å²) in [5.74, 6) is 1.07. The van der Waals surface area contributed by atoms with Crippen molar-refractivity contribution < 1.29 is 5.11 Å². The van der Waals surface area contributed by atoms with Crippen molar-refractivity contribution in [3.8, 4) is 0 Å². The molecular formula is C18H22N2O. The van der Waals surface area contributed by atoms with Crippen LogP contribution >= 0.6 is 0 Å². The fourth-order valence-electron chi connectivity index (χ4n) is 3.00. The van der Waals surface area contributed by atoms with Gasteiger partial charge in [0.25, 0.3) is 0 Å². The molecular weight excluding hydrogens is 260 g/mol. The number of aliphatic hydroxyl groups is 1. The molecule has 2 heterocycles. The maximum Gasteiger partial charge on any atom is 0.131 e. The molecule has 1 N–H and O–H groups in total. The van der Waals surface area contributed by atoms with E-state index in [1.165, 1.54) is 19.3 Å². The zero-order chi connectivity index (χ0) is 14.7. The van der Waals surface area contributed by atoms with Gasteiger partial charge in [0, 0.05) is 24.8 Å². The number of aromatic nitrogens is 1. The molecule has 2 aromatic rings. The Morgan fingerprint density at radius 3 is 2.43 bits per heavy atom. The molecule has 0 bridgehead atoms. The number of hydrogen-bond acceptors (Lipinski definition) is 3. The van der Waals surface area contributed by atoms with Gasteiger partial charge in [-0.15, -0.1) is 0 Å². The molecule has 0 saturated carbocycles. The third kappa shape index (κ3) is 3.08. The highest BCUT2D eigenvalue weighted by Gasteiger charge is 2.17. The van der Waals surface area contributed by atoms with Gasteiger partial charge in [0.15, 0.2) is 0 Å². The SMILES string of the molecule is Cc1cc([C@H](O)c2ccccc2)cnc1N1CCCCC1. The van der Waals surface area contributed by atoms with Crippen LogP contribution in [0.1, 0.15) is 42.1 Å². The van der Waals surface area contributed by atoms with Crippen LogP contribution in [0.25, 0.3) is 0 Å². The van der Waals surface area contributed by atoms with Crippen LogP contribution in [0, 0.1) is 6.92 Å². The average Bonchev–Trinajstić information content (AvgIpc) is 2.55. The number of hydrogen-bond donors (Lipinski definition) is 1. The predicted molar refractivity (Wildman–Crippen MR) is 85.5 cm³/mol. The Balaban J connectivity index is 1.83. The Labute approximate surface area is 126 Å². The number of aryl methyl sites for hydroxylation is 1. The fourth-order valence-corrected chi connectivity index (χ4v) is 3.00. The van der Waals surface area contributed by atoms with E-state index in [2.05, 4.69) is 22.9 Å². The van der Waals surface area contributed by atoms with Crippen LogP contribution in [0.15, 0.2) is 42.6 Å². The van der Waals surface area contributed by atoms with Crippen molar-refractivity contribution in [3.63, 3.8) is 0 Å². The standard InChI is InChI=1S/C18H22N2O/c1-14-12-16(17(21)15-8-4-2-5-9-15)13-19-18(14)20-10-6-3-7-11-20/h2,4-5,8-9,12-13,17,21H,3,6-7,10-11H2,1H3/t17-/m1/s1. The summed E-state index contributed by atoms with van der Waals surface area (Å²) in [5, 5.41) is 10.5. The molecule has 0 spiro atoms. The van der Waals surface area contributed by atoms with E-state index < -0.39 is 6.10 Å². The number of rotatable bonds is 3. The lowest BCUT2D eigenvalue weighted by molar-refractivity contribution is 0.220. The summed E-state index contributed by atoms with van der Waals surface area (Å²) in [6, 6.07) is 11.8. The number of aliphatic hydroxyl groups excluding tert-OH is 1. The van der Waals surface area contributed by atoms with E-state index in [4.69, 9.17) is 0 Å². The van der Waals surface area contributed by atoms with Gasteiger partial charge in [-0.25, -0.2) is 4.98 Å². The summed E-state index contributed by atoms with van der Waals surface area (Å²) >= 11 is 0. The predicted octanol–water partition coefficient (Wildman–Crippen LogP) is 3.46. The largest absolute Gasteiger partial charge is 0.384 e. The molecule has 1 aliphatic rings. The second-order valence-corrected chi connectivity index (χ2v) is 5.77. The zero-order valence-corrected chi connectivity index (χ0v) is 12.5. The zero-order valence-electron chi connectivity index (χ0n) is 12.5. The van der Waals surface area contributed by atoms with Gasteiger partial charge in [0.05, 0.1) is 0 Å². The first-order chi connectivity index (χ1) is 10.3. The van der Waals surface area contributed by atoms with Gasteiger partial charge >= 0.3 is 0 Å². The van der Waals surface area contributed by atoms with Crippen molar-refractivity contribution in [1.82, 2.24) is 4.98 Å². The third-order valence-electron chi connectivity index (χ3n) is 4.16. The second kappa shape index (κ2) is 6.27. The Morgan fingerprint density at radius 2 is 1.76 bits per heavy atom. The Hall–Kier alpha value is -1.87. The first-order valence-corrected chi connectivity index (χ1v) is 7.70. The van der Waals surface area contributed by atoms with Gasteiger partial charge in [0.2, 0.25) is 0 Å². The molecule has 0 amide bonds. The van der Waals surface area contributed by atoms with E-state index in [-0.39, 0.29) is 0 Å². The smallest absolute Gasteiger partial charge is 0.131 e. The van der Waals surface area contributed by atoms with Gasteiger partial charge < -0.3 is 10.0 Å². The molecule has 1 aliphatic heterocycles. The summed E-state index contributed by atoms with van der Waals surface area (Å²) in [4.78, 5) is 6.97. The van der Waals surface area contributed by atoms with Crippen LogP contribution in [0.5, 0.6) is 0 Å². The molecule has 3 heteroatoms. The number of benzene rings is 1. The van der Waals surface area contributed by atoms with E-state index in [0.717, 1.165) is 35.6 Å². The molecule has 1 aromatic carbocycles. The summed E-state index contributed by atoms with van der Waals surface area (Å²) in [7, 11) is 0. The lowest BCUT2D eigenvalue weighted by Gasteiger charge is -2.29.